The van der Waals surface area contributed by atoms with Crippen LogP contribution in [-0.4, -0.2) is 73.8 Å². The number of oxazole rings is 1. The van der Waals surface area contributed by atoms with Gasteiger partial charge in [0.25, 0.3) is 11.8 Å². The number of hydrogen-bond donors (Lipinski definition) is 4. The lowest BCUT2D eigenvalue weighted by atomic mass is 10.1. The van der Waals surface area contributed by atoms with Crippen LogP contribution in [0.15, 0.2) is 120 Å². The number of nitrogens with zero attached hydrogens (tertiary/aromatic N) is 3. The summed E-state index contributed by atoms with van der Waals surface area (Å²) in [5.74, 6) is -0.732. The Balaban J connectivity index is 0.938. The number of aromatic nitrogens is 1. The fraction of sp³-hybridized carbons (Fsp3) is 0.244. The van der Waals surface area contributed by atoms with Crippen molar-refractivity contribution >= 4 is 35.0 Å². The van der Waals surface area contributed by atoms with Crippen molar-refractivity contribution < 1.29 is 33.8 Å². The van der Waals surface area contributed by atoms with E-state index in [2.05, 4.69) is 15.6 Å². The second-order valence-corrected chi connectivity index (χ2v) is 13.2. The smallest absolute Gasteiger partial charge is 0.256 e. The molecule has 1 unspecified atom stereocenters. The topological polar surface area (TPSA) is 165 Å². The predicted molar refractivity (Wildman–Crippen MR) is 197 cm³/mol. The summed E-state index contributed by atoms with van der Waals surface area (Å²) in [5.41, 5.74) is 3.50. The van der Waals surface area contributed by atoms with Crippen molar-refractivity contribution in [3.05, 3.63) is 127 Å². The molecule has 3 heterocycles. The number of amides is 4. The third-order valence-corrected chi connectivity index (χ3v) is 9.72. The van der Waals surface area contributed by atoms with Crippen LogP contribution in [0.3, 0.4) is 0 Å². The molecule has 270 valence electrons. The summed E-state index contributed by atoms with van der Waals surface area (Å²) in [6.07, 6.45) is 1.28. The van der Waals surface area contributed by atoms with Gasteiger partial charge in [0.05, 0.1) is 6.20 Å². The summed E-state index contributed by atoms with van der Waals surface area (Å²) >= 11 is 0. The highest BCUT2D eigenvalue weighted by Gasteiger charge is 2.38. The van der Waals surface area contributed by atoms with E-state index in [1.165, 1.54) is 9.80 Å². The number of likely N-dealkylation sites (tertiary alicyclic amines) is 2. The van der Waals surface area contributed by atoms with Gasteiger partial charge in [0, 0.05) is 35.6 Å². The molecule has 2 aliphatic rings. The molecule has 7 rings (SSSR count). The number of anilines is 2. The van der Waals surface area contributed by atoms with Crippen LogP contribution in [0.4, 0.5) is 11.4 Å². The van der Waals surface area contributed by atoms with E-state index in [1.807, 2.05) is 6.07 Å². The number of rotatable bonds is 10. The molecule has 4 amide bonds. The van der Waals surface area contributed by atoms with Crippen LogP contribution >= 0.6 is 0 Å². The minimum Gasteiger partial charge on any atom is -0.436 e. The summed E-state index contributed by atoms with van der Waals surface area (Å²) < 4.78 is 6.04. The molecule has 5 aromatic rings. The third-order valence-electron chi connectivity index (χ3n) is 9.72. The van der Waals surface area contributed by atoms with E-state index in [4.69, 9.17) is 4.42 Å². The van der Waals surface area contributed by atoms with E-state index in [0.29, 0.717) is 78.5 Å². The molecule has 0 radical (unpaired) electrons. The molecule has 12 heteroatoms. The Hall–Kier alpha value is -6.11. The maximum Gasteiger partial charge on any atom is 0.256 e. The van der Waals surface area contributed by atoms with Gasteiger partial charge in [-0.2, -0.15) is 0 Å². The van der Waals surface area contributed by atoms with Crippen LogP contribution in [0.1, 0.15) is 49.0 Å². The van der Waals surface area contributed by atoms with Crippen LogP contribution in [0, 0.1) is 0 Å². The molecule has 0 aliphatic carbocycles. The van der Waals surface area contributed by atoms with E-state index >= 15 is 0 Å². The second kappa shape index (κ2) is 15.6. The van der Waals surface area contributed by atoms with Gasteiger partial charge in [0.2, 0.25) is 17.7 Å². The molecule has 4 N–H and O–H groups in total. The van der Waals surface area contributed by atoms with Crippen LogP contribution in [-0.2, 0) is 19.2 Å². The Morgan fingerprint density at radius 1 is 0.623 bits per heavy atom. The van der Waals surface area contributed by atoms with Gasteiger partial charge in [0.1, 0.15) is 12.1 Å². The summed E-state index contributed by atoms with van der Waals surface area (Å²) in [6.45, 7) is 0.792. The molecule has 1 aromatic heterocycles. The lowest BCUT2D eigenvalue weighted by Gasteiger charge is -2.26. The summed E-state index contributed by atoms with van der Waals surface area (Å²) in [4.78, 5) is 59.8. The normalized spacial score (nSPS) is 18.0. The fourth-order valence-electron chi connectivity index (χ4n) is 6.88. The zero-order valence-corrected chi connectivity index (χ0v) is 28.8. The van der Waals surface area contributed by atoms with Crippen molar-refractivity contribution in [2.45, 2.75) is 50.0 Å². The molecule has 12 nitrogen and oxygen atoms in total. The standard InChI is InChI=1S/C41H39N5O7/c47-35(27-9-3-1-4-10-27)40(51)45-23-7-13-32(45)37(49)43-30-19-15-26(16-20-30)34-25-42-39(53-34)29-17-21-31(22-18-29)44-38(50)33-14-8-24-46(33)41(52)36(48)28-11-5-2-6-12-28/h1-6,9-12,15-22,25,32-33,35-36,47-48H,7-8,13-14,23-24H2,(H,43,49)(H,44,50)/t32?,33-,35-,36-/m0/s1. The first-order valence-electron chi connectivity index (χ1n) is 17.6. The minimum atomic E-state index is -1.33. The number of aliphatic hydroxyl groups is 2. The molecule has 53 heavy (non-hydrogen) atoms. The highest BCUT2D eigenvalue weighted by atomic mass is 16.4. The molecule has 2 aliphatic heterocycles. The number of carbonyl (C=O) groups excluding carboxylic acids is 4. The minimum absolute atomic E-state index is 0.318. The Bertz CT molecular complexity index is 1920. The molecule has 4 atom stereocenters. The van der Waals surface area contributed by atoms with Gasteiger partial charge in [0.15, 0.2) is 18.0 Å². The Morgan fingerprint density at radius 2 is 1.06 bits per heavy atom. The monoisotopic (exact) mass is 713 g/mol. The molecule has 2 saturated heterocycles. The number of benzene rings is 4. The number of nitrogens with one attached hydrogen (secondary N) is 2. The van der Waals surface area contributed by atoms with E-state index in [-0.39, 0.29) is 11.8 Å². The number of carbonyl (C=O) groups is 4. The van der Waals surface area contributed by atoms with Crippen molar-refractivity contribution in [2.24, 2.45) is 0 Å². The molecule has 2 fully saturated rings. The van der Waals surface area contributed by atoms with Crippen molar-refractivity contribution in [1.29, 1.82) is 0 Å². The first-order valence-corrected chi connectivity index (χ1v) is 17.6. The van der Waals surface area contributed by atoms with E-state index in [0.717, 1.165) is 5.56 Å². The number of aliphatic hydroxyl groups excluding tert-OH is 2. The first kappa shape index (κ1) is 35.3. The molecular formula is C41H39N5O7. The van der Waals surface area contributed by atoms with Crippen LogP contribution in [0.2, 0.25) is 0 Å². The van der Waals surface area contributed by atoms with Crippen LogP contribution in [0.25, 0.3) is 22.8 Å². The van der Waals surface area contributed by atoms with E-state index < -0.39 is 36.1 Å². The zero-order valence-electron chi connectivity index (χ0n) is 28.8. The maximum atomic E-state index is 13.2. The summed E-state index contributed by atoms with van der Waals surface area (Å²) in [6, 6.07) is 30.1. The average molecular weight is 714 g/mol. The van der Waals surface area contributed by atoms with Gasteiger partial charge >= 0.3 is 0 Å². The summed E-state index contributed by atoms with van der Waals surface area (Å²) in [7, 11) is 0. The summed E-state index contributed by atoms with van der Waals surface area (Å²) in [5, 5.41) is 27.0. The Morgan fingerprint density at radius 3 is 1.51 bits per heavy atom. The van der Waals surface area contributed by atoms with Gasteiger partial charge in [-0.25, -0.2) is 4.98 Å². The largest absolute Gasteiger partial charge is 0.436 e. The second-order valence-electron chi connectivity index (χ2n) is 13.2. The molecule has 0 spiro atoms. The maximum absolute atomic E-state index is 13.2. The molecular weight excluding hydrogens is 674 g/mol. The predicted octanol–water partition coefficient (Wildman–Crippen LogP) is 5.33. The van der Waals surface area contributed by atoms with E-state index in [1.54, 1.807) is 109 Å². The van der Waals surface area contributed by atoms with Crippen molar-refractivity contribution in [1.82, 2.24) is 14.8 Å². The third kappa shape index (κ3) is 7.74. The van der Waals surface area contributed by atoms with Gasteiger partial charge in [-0.15, -0.1) is 0 Å². The van der Waals surface area contributed by atoms with Gasteiger partial charge in [-0.05, 0) is 85.3 Å². The quantitative estimate of drug-likeness (QED) is 0.151. The van der Waals surface area contributed by atoms with Crippen molar-refractivity contribution in [3.8, 4) is 22.8 Å². The highest BCUT2D eigenvalue weighted by Crippen LogP contribution is 2.30. The molecule has 0 saturated carbocycles. The van der Waals surface area contributed by atoms with Gasteiger partial charge in [-0.3, -0.25) is 19.2 Å². The highest BCUT2D eigenvalue weighted by molar-refractivity contribution is 5.99. The zero-order chi connectivity index (χ0) is 36.9. The van der Waals surface area contributed by atoms with Gasteiger partial charge < -0.3 is 35.1 Å². The van der Waals surface area contributed by atoms with Crippen LogP contribution in [0.5, 0.6) is 0 Å². The van der Waals surface area contributed by atoms with Gasteiger partial charge in [-0.1, -0.05) is 60.7 Å². The van der Waals surface area contributed by atoms with Crippen LogP contribution < -0.4 is 10.6 Å². The molecule has 0 bridgehead atoms. The van der Waals surface area contributed by atoms with E-state index in [9.17, 15) is 29.4 Å². The Kier molecular flexibility index (Phi) is 10.4. The Labute approximate surface area is 306 Å². The lowest BCUT2D eigenvalue weighted by molar-refractivity contribution is -0.144. The first-order chi connectivity index (χ1) is 25.8. The lowest BCUT2D eigenvalue weighted by Crippen LogP contribution is -2.45. The van der Waals surface area contributed by atoms with Crippen molar-refractivity contribution in [3.63, 3.8) is 0 Å². The van der Waals surface area contributed by atoms with Crippen molar-refractivity contribution in [2.75, 3.05) is 23.7 Å². The molecule has 4 aromatic carbocycles. The SMILES string of the molecule is O=C(Nc1ccc(-c2cnc(-c3ccc(NC(=O)[C@@H]4CCCN4C(=O)[C@@H](O)c4ccccc4)cc3)o2)cc1)C1CCCN1C(=O)[C@@H](O)c1ccccc1. The average Bonchev–Trinajstić information content (AvgIpc) is 4.00. The fourth-order valence-corrected chi connectivity index (χ4v) is 6.88. The number of hydrogen-bond acceptors (Lipinski definition) is 8.